The summed E-state index contributed by atoms with van der Waals surface area (Å²) >= 11 is 3.54. The minimum atomic E-state index is -0.569. The second-order valence-corrected chi connectivity index (χ2v) is 6.41. The van der Waals surface area contributed by atoms with Gasteiger partial charge in [0.05, 0.1) is 12.7 Å². The van der Waals surface area contributed by atoms with Crippen LogP contribution in [-0.4, -0.2) is 16.7 Å². The van der Waals surface area contributed by atoms with E-state index in [1.54, 1.807) is 0 Å². The molecule has 0 fully saturated rings. The first-order valence-electron chi connectivity index (χ1n) is 7.11. The van der Waals surface area contributed by atoms with E-state index in [-0.39, 0.29) is 0 Å². The summed E-state index contributed by atoms with van der Waals surface area (Å²) in [6.45, 7) is 4.62. The van der Waals surface area contributed by atoms with E-state index in [9.17, 15) is 5.11 Å². The van der Waals surface area contributed by atoms with E-state index in [1.807, 2.05) is 32.0 Å². The second kappa shape index (κ2) is 5.78. The highest BCUT2D eigenvalue weighted by Gasteiger charge is 2.21. The van der Waals surface area contributed by atoms with Gasteiger partial charge >= 0.3 is 0 Å². The lowest BCUT2D eigenvalue weighted by Crippen LogP contribution is -2.06. The topological polar surface area (TPSA) is 42.4 Å². The van der Waals surface area contributed by atoms with E-state index >= 15 is 0 Å². The van der Waals surface area contributed by atoms with Crippen molar-refractivity contribution in [1.29, 1.82) is 0 Å². The molecule has 1 atom stereocenters. The van der Waals surface area contributed by atoms with Crippen LogP contribution < -0.4 is 4.74 Å². The molecule has 1 aliphatic rings. The standard InChI is InChI=1S/C17H18BrNO2/c1-10-3-4-15(11(2)19-10)16(20)9-13-8-14(18)7-12-5-6-21-17(12)13/h3-4,7-8,16,20H,5-6,9H2,1-2H3. The van der Waals surface area contributed by atoms with Gasteiger partial charge in [0.1, 0.15) is 5.75 Å². The predicted octanol–water partition coefficient (Wildman–Crippen LogP) is 3.67. The van der Waals surface area contributed by atoms with E-state index in [1.165, 1.54) is 5.56 Å². The van der Waals surface area contributed by atoms with Crippen LogP contribution in [0.2, 0.25) is 0 Å². The number of hydrogen-bond donors (Lipinski definition) is 1. The normalized spacial score (nSPS) is 14.7. The molecule has 0 radical (unpaired) electrons. The molecule has 1 aromatic carbocycles. The molecule has 2 aromatic rings. The van der Waals surface area contributed by atoms with Gasteiger partial charge in [-0.1, -0.05) is 22.0 Å². The molecule has 0 amide bonds. The Labute approximate surface area is 133 Å². The van der Waals surface area contributed by atoms with Crippen LogP contribution in [0.3, 0.4) is 0 Å². The summed E-state index contributed by atoms with van der Waals surface area (Å²) in [5.41, 5.74) is 4.99. The number of nitrogens with zero attached hydrogens (tertiary/aromatic N) is 1. The smallest absolute Gasteiger partial charge is 0.125 e. The Bertz CT molecular complexity index is 685. The first-order chi connectivity index (χ1) is 10.0. The zero-order valence-electron chi connectivity index (χ0n) is 12.2. The fourth-order valence-corrected chi connectivity index (χ4v) is 3.42. The molecule has 0 aliphatic carbocycles. The summed E-state index contributed by atoms with van der Waals surface area (Å²) in [5, 5.41) is 10.6. The van der Waals surface area contributed by atoms with E-state index in [2.05, 4.69) is 27.0 Å². The van der Waals surface area contributed by atoms with Crippen molar-refractivity contribution >= 4 is 15.9 Å². The predicted molar refractivity (Wildman–Crippen MR) is 85.7 cm³/mol. The number of aromatic nitrogens is 1. The second-order valence-electron chi connectivity index (χ2n) is 5.50. The summed E-state index contributed by atoms with van der Waals surface area (Å²) in [6, 6.07) is 8.02. The van der Waals surface area contributed by atoms with E-state index < -0.39 is 6.10 Å². The van der Waals surface area contributed by atoms with Gasteiger partial charge in [-0.25, -0.2) is 0 Å². The van der Waals surface area contributed by atoms with Crippen molar-refractivity contribution in [2.45, 2.75) is 32.8 Å². The third-order valence-electron chi connectivity index (χ3n) is 3.86. The Morgan fingerprint density at radius 1 is 1.33 bits per heavy atom. The highest BCUT2D eigenvalue weighted by Crippen LogP contribution is 2.35. The summed E-state index contributed by atoms with van der Waals surface area (Å²) in [7, 11) is 0. The number of hydrogen-bond acceptors (Lipinski definition) is 3. The molecule has 1 aliphatic heterocycles. The Kier molecular flexibility index (Phi) is 4.00. The lowest BCUT2D eigenvalue weighted by atomic mass is 9.98. The van der Waals surface area contributed by atoms with Crippen LogP contribution in [0.1, 0.15) is 34.2 Å². The highest BCUT2D eigenvalue weighted by atomic mass is 79.9. The number of rotatable bonds is 3. The molecule has 0 saturated carbocycles. The summed E-state index contributed by atoms with van der Waals surface area (Å²) in [5.74, 6) is 0.940. The van der Waals surface area contributed by atoms with Gasteiger partial charge in [0.25, 0.3) is 0 Å². The lowest BCUT2D eigenvalue weighted by molar-refractivity contribution is 0.176. The maximum absolute atomic E-state index is 10.6. The van der Waals surface area contributed by atoms with Crippen LogP contribution >= 0.6 is 15.9 Å². The molecule has 2 heterocycles. The van der Waals surface area contributed by atoms with Crippen LogP contribution in [0.15, 0.2) is 28.7 Å². The summed E-state index contributed by atoms with van der Waals surface area (Å²) < 4.78 is 6.76. The Balaban J connectivity index is 1.90. The molecule has 1 N–H and O–H groups in total. The number of benzene rings is 1. The molecule has 3 rings (SSSR count). The largest absolute Gasteiger partial charge is 0.493 e. The van der Waals surface area contributed by atoms with Gasteiger partial charge < -0.3 is 9.84 Å². The fraction of sp³-hybridized carbons (Fsp3) is 0.353. The van der Waals surface area contributed by atoms with E-state index in [0.29, 0.717) is 6.42 Å². The Morgan fingerprint density at radius 3 is 2.90 bits per heavy atom. The van der Waals surface area contributed by atoms with Gasteiger partial charge in [0, 0.05) is 34.3 Å². The lowest BCUT2D eigenvalue weighted by Gasteiger charge is -2.16. The van der Waals surface area contributed by atoms with Crippen molar-refractivity contribution in [2.24, 2.45) is 0 Å². The monoisotopic (exact) mass is 347 g/mol. The van der Waals surface area contributed by atoms with Gasteiger partial charge in [-0.2, -0.15) is 0 Å². The quantitative estimate of drug-likeness (QED) is 0.920. The number of halogens is 1. The van der Waals surface area contributed by atoms with Crippen molar-refractivity contribution in [3.05, 3.63) is 56.8 Å². The average Bonchev–Trinajstić information content (AvgIpc) is 2.86. The van der Waals surface area contributed by atoms with Gasteiger partial charge in [-0.3, -0.25) is 4.98 Å². The van der Waals surface area contributed by atoms with E-state index in [0.717, 1.165) is 45.8 Å². The molecule has 1 aromatic heterocycles. The maximum atomic E-state index is 10.6. The van der Waals surface area contributed by atoms with Crippen molar-refractivity contribution < 1.29 is 9.84 Å². The van der Waals surface area contributed by atoms with Gasteiger partial charge in [0.15, 0.2) is 0 Å². The number of aliphatic hydroxyl groups is 1. The minimum Gasteiger partial charge on any atom is -0.493 e. The van der Waals surface area contributed by atoms with Crippen molar-refractivity contribution in [1.82, 2.24) is 4.98 Å². The highest BCUT2D eigenvalue weighted by molar-refractivity contribution is 9.10. The zero-order chi connectivity index (χ0) is 15.0. The van der Waals surface area contributed by atoms with Crippen LogP contribution in [0.25, 0.3) is 0 Å². The molecule has 0 saturated heterocycles. The zero-order valence-corrected chi connectivity index (χ0v) is 13.8. The maximum Gasteiger partial charge on any atom is 0.125 e. The average molecular weight is 348 g/mol. The van der Waals surface area contributed by atoms with Crippen LogP contribution in [-0.2, 0) is 12.8 Å². The summed E-state index contributed by atoms with van der Waals surface area (Å²) in [6.07, 6.45) is 0.900. The van der Waals surface area contributed by atoms with Crippen molar-refractivity contribution in [3.63, 3.8) is 0 Å². The molecule has 0 bridgehead atoms. The van der Waals surface area contributed by atoms with Crippen molar-refractivity contribution in [3.8, 4) is 5.75 Å². The number of fused-ring (bicyclic) bond motifs is 1. The third-order valence-corrected chi connectivity index (χ3v) is 4.32. The SMILES string of the molecule is Cc1ccc(C(O)Cc2cc(Br)cc3c2OCC3)c(C)n1. The minimum absolute atomic E-state index is 0.535. The molecule has 21 heavy (non-hydrogen) atoms. The Hall–Kier alpha value is -1.39. The fourth-order valence-electron chi connectivity index (χ4n) is 2.87. The van der Waals surface area contributed by atoms with Crippen LogP contribution in [0.4, 0.5) is 0 Å². The van der Waals surface area contributed by atoms with Gasteiger partial charge in [0.2, 0.25) is 0 Å². The van der Waals surface area contributed by atoms with Gasteiger partial charge in [-0.15, -0.1) is 0 Å². The van der Waals surface area contributed by atoms with Gasteiger partial charge in [-0.05, 0) is 43.2 Å². The molecule has 1 unspecified atom stereocenters. The number of aryl methyl sites for hydroxylation is 2. The molecule has 110 valence electrons. The van der Waals surface area contributed by atoms with Crippen LogP contribution in [0, 0.1) is 13.8 Å². The summed E-state index contributed by atoms with van der Waals surface area (Å²) in [4.78, 5) is 4.43. The number of ether oxygens (including phenoxy) is 1. The number of aliphatic hydroxyl groups excluding tert-OH is 1. The molecule has 4 heteroatoms. The van der Waals surface area contributed by atoms with Crippen molar-refractivity contribution in [2.75, 3.05) is 6.61 Å². The Morgan fingerprint density at radius 2 is 2.14 bits per heavy atom. The number of pyridine rings is 1. The van der Waals surface area contributed by atoms with E-state index in [4.69, 9.17) is 4.74 Å². The van der Waals surface area contributed by atoms with Crippen LogP contribution in [0.5, 0.6) is 5.75 Å². The molecule has 0 spiro atoms. The molecular formula is C17H18BrNO2. The first-order valence-corrected chi connectivity index (χ1v) is 7.90. The first kappa shape index (κ1) is 14.5. The molecular weight excluding hydrogens is 330 g/mol. The third kappa shape index (κ3) is 2.97. The molecule has 3 nitrogen and oxygen atoms in total.